The third kappa shape index (κ3) is 3.78. The molecular weight excluding hydrogens is 350 g/mol. The maximum Gasteiger partial charge on any atom is 0.438 e. The highest BCUT2D eigenvalue weighted by Gasteiger charge is 2.17. The molecule has 0 bridgehead atoms. The van der Waals surface area contributed by atoms with Crippen molar-refractivity contribution >= 4 is 27.7 Å². The number of ether oxygens (including phenoxy) is 2. The van der Waals surface area contributed by atoms with Crippen LogP contribution in [-0.4, -0.2) is 18.4 Å². The highest BCUT2D eigenvalue weighted by atomic mass is 79.9. The van der Waals surface area contributed by atoms with Gasteiger partial charge in [0.2, 0.25) is 0 Å². The van der Waals surface area contributed by atoms with Crippen LogP contribution in [0.2, 0.25) is 0 Å². The number of nitrogens with zero attached hydrogens (tertiary/aromatic N) is 1. The van der Waals surface area contributed by atoms with E-state index in [2.05, 4.69) is 20.7 Å². The lowest BCUT2D eigenvalue weighted by Crippen LogP contribution is -2.27. The van der Waals surface area contributed by atoms with Crippen LogP contribution in [0.5, 0.6) is 5.75 Å². The quantitative estimate of drug-likeness (QED) is 0.648. The van der Waals surface area contributed by atoms with E-state index in [1.165, 1.54) is 7.11 Å². The minimum atomic E-state index is -0.857. The van der Waals surface area contributed by atoms with Crippen LogP contribution in [0, 0.1) is 6.92 Å². The molecule has 0 atom stereocenters. The molecule has 1 amide bonds. The first-order chi connectivity index (χ1) is 10.5. The van der Waals surface area contributed by atoms with Crippen LogP contribution in [0.4, 0.5) is 10.5 Å². The van der Waals surface area contributed by atoms with Crippen LogP contribution in [0.15, 0.2) is 46.9 Å². The summed E-state index contributed by atoms with van der Waals surface area (Å²) in [6.07, 6.45) is -0.857. The van der Waals surface area contributed by atoms with E-state index >= 15 is 0 Å². The van der Waals surface area contributed by atoms with Crippen molar-refractivity contribution in [1.29, 1.82) is 0 Å². The fourth-order valence-electron chi connectivity index (χ4n) is 1.90. The second-order valence-corrected chi connectivity index (χ2v) is 5.49. The predicted octanol–water partition coefficient (Wildman–Crippen LogP) is 4.30. The zero-order valence-corrected chi connectivity index (χ0v) is 13.8. The average Bonchev–Trinajstić information content (AvgIpc) is 2.53. The van der Waals surface area contributed by atoms with Gasteiger partial charge in [-0.3, -0.25) is 5.21 Å². The number of rotatable bonds is 4. The van der Waals surface area contributed by atoms with E-state index < -0.39 is 6.09 Å². The predicted molar refractivity (Wildman–Crippen MR) is 86.3 cm³/mol. The Morgan fingerprint density at radius 2 is 2.00 bits per heavy atom. The van der Waals surface area contributed by atoms with E-state index in [9.17, 15) is 10.0 Å². The molecule has 0 fully saturated rings. The fraction of sp³-hybridized carbons (Fsp3) is 0.188. The smallest absolute Gasteiger partial charge is 0.438 e. The zero-order chi connectivity index (χ0) is 16.1. The number of methoxy groups -OCH3 is 1. The van der Waals surface area contributed by atoms with Crippen molar-refractivity contribution in [2.75, 3.05) is 12.2 Å². The molecule has 0 saturated heterocycles. The van der Waals surface area contributed by atoms with Gasteiger partial charge < -0.3 is 9.47 Å². The van der Waals surface area contributed by atoms with Gasteiger partial charge in [0.05, 0.1) is 17.3 Å². The summed E-state index contributed by atoms with van der Waals surface area (Å²) in [6, 6.07) is 12.7. The standard InChI is InChI=1S/C16H16BrNO4/c1-11-7-8-15(13(17)9-11)22-10-12-5-3-4-6-14(12)18(20)16(19)21-2/h3-9,20H,10H2,1-2H3. The van der Waals surface area contributed by atoms with Gasteiger partial charge in [0.1, 0.15) is 12.4 Å². The number of anilines is 1. The van der Waals surface area contributed by atoms with Crippen molar-refractivity contribution in [3.05, 3.63) is 58.1 Å². The van der Waals surface area contributed by atoms with Crippen LogP contribution < -0.4 is 9.80 Å². The second kappa shape index (κ2) is 7.29. The molecule has 2 aromatic rings. The highest BCUT2D eigenvalue weighted by Crippen LogP contribution is 2.28. The largest absolute Gasteiger partial charge is 0.488 e. The monoisotopic (exact) mass is 365 g/mol. The lowest BCUT2D eigenvalue weighted by atomic mass is 10.2. The molecule has 0 aliphatic carbocycles. The number of amides is 1. The van der Waals surface area contributed by atoms with Gasteiger partial charge in [0.25, 0.3) is 0 Å². The van der Waals surface area contributed by atoms with Crippen molar-refractivity contribution in [1.82, 2.24) is 0 Å². The molecule has 6 heteroatoms. The van der Waals surface area contributed by atoms with Gasteiger partial charge in [-0.15, -0.1) is 0 Å². The molecular formula is C16H16BrNO4. The molecule has 0 aliphatic heterocycles. The Morgan fingerprint density at radius 3 is 2.68 bits per heavy atom. The molecule has 116 valence electrons. The summed E-state index contributed by atoms with van der Waals surface area (Å²) in [5, 5.41) is 10.3. The molecule has 2 aromatic carbocycles. The first-order valence-corrected chi connectivity index (χ1v) is 7.36. The average molecular weight is 366 g/mol. The van der Waals surface area contributed by atoms with Crippen LogP contribution in [-0.2, 0) is 11.3 Å². The van der Waals surface area contributed by atoms with Gasteiger partial charge in [0.15, 0.2) is 0 Å². The van der Waals surface area contributed by atoms with Gasteiger partial charge in [-0.2, -0.15) is 5.06 Å². The topological polar surface area (TPSA) is 59.0 Å². The third-order valence-electron chi connectivity index (χ3n) is 3.04. The second-order valence-electron chi connectivity index (χ2n) is 4.63. The maximum atomic E-state index is 11.4. The van der Waals surface area contributed by atoms with Crippen molar-refractivity contribution in [2.45, 2.75) is 13.5 Å². The number of para-hydroxylation sites is 1. The molecule has 0 aromatic heterocycles. The SMILES string of the molecule is COC(=O)N(O)c1ccccc1COc1ccc(C)cc1Br. The van der Waals surface area contributed by atoms with E-state index in [1.54, 1.807) is 24.3 Å². The van der Waals surface area contributed by atoms with E-state index in [0.717, 1.165) is 10.0 Å². The minimum absolute atomic E-state index is 0.200. The molecule has 1 N–H and O–H groups in total. The first kappa shape index (κ1) is 16.3. The van der Waals surface area contributed by atoms with Crippen LogP contribution in [0.1, 0.15) is 11.1 Å². The number of benzene rings is 2. The molecule has 0 spiro atoms. The van der Waals surface area contributed by atoms with Gasteiger partial charge in [-0.05, 0) is 46.6 Å². The Morgan fingerprint density at radius 1 is 1.27 bits per heavy atom. The summed E-state index contributed by atoms with van der Waals surface area (Å²) in [5.74, 6) is 0.683. The van der Waals surface area contributed by atoms with E-state index in [-0.39, 0.29) is 6.61 Å². The van der Waals surface area contributed by atoms with E-state index in [1.807, 2.05) is 25.1 Å². The van der Waals surface area contributed by atoms with Crippen molar-refractivity contribution in [2.24, 2.45) is 0 Å². The number of hydrogen-bond acceptors (Lipinski definition) is 4. The molecule has 0 heterocycles. The number of halogens is 1. The summed E-state index contributed by atoms with van der Waals surface area (Å²) in [7, 11) is 1.20. The number of aryl methyl sites for hydroxylation is 1. The van der Waals surface area contributed by atoms with Crippen molar-refractivity contribution < 1.29 is 19.5 Å². The molecule has 0 unspecified atom stereocenters. The van der Waals surface area contributed by atoms with Gasteiger partial charge in [-0.25, -0.2) is 4.79 Å². The summed E-state index contributed by atoms with van der Waals surface area (Å²) in [4.78, 5) is 11.4. The molecule has 0 aliphatic rings. The maximum absolute atomic E-state index is 11.4. The number of carbonyl (C=O) groups excluding carboxylic acids is 1. The summed E-state index contributed by atoms with van der Waals surface area (Å²) in [5.41, 5.74) is 2.09. The highest BCUT2D eigenvalue weighted by molar-refractivity contribution is 9.10. The minimum Gasteiger partial charge on any atom is -0.488 e. The van der Waals surface area contributed by atoms with E-state index in [4.69, 9.17) is 4.74 Å². The lowest BCUT2D eigenvalue weighted by molar-refractivity contribution is 0.140. The Kier molecular flexibility index (Phi) is 5.41. The molecule has 2 rings (SSSR count). The molecule has 22 heavy (non-hydrogen) atoms. The van der Waals surface area contributed by atoms with Gasteiger partial charge >= 0.3 is 6.09 Å². The van der Waals surface area contributed by atoms with Gasteiger partial charge in [-0.1, -0.05) is 24.3 Å². The van der Waals surface area contributed by atoms with Crippen LogP contribution in [0.25, 0.3) is 0 Å². The molecule has 5 nitrogen and oxygen atoms in total. The molecule has 0 saturated carbocycles. The summed E-state index contributed by atoms with van der Waals surface area (Å²) < 4.78 is 11.1. The Labute approximate surface area is 137 Å². The number of hydrogen-bond donors (Lipinski definition) is 1. The third-order valence-corrected chi connectivity index (χ3v) is 3.66. The lowest BCUT2D eigenvalue weighted by Gasteiger charge is -2.17. The van der Waals surface area contributed by atoms with E-state index in [0.29, 0.717) is 22.1 Å². The van der Waals surface area contributed by atoms with Crippen molar-refractivity contribution in [3.63, 3.8) is 0 Å². The Balaban J connectivity index is 2.18. The van der Waals surface area contributed by atoms with Crippen LogP contribution >= 0.6 is 15.9 Å². The number of hydroxylamine groups is 1. The van der Waals surface area contributed by atoms with Crippen LogP contribution in [0.3, 0.4) is 0 Å². The Bertz CT molecular complexity index is 675. The first-order valence-electron chi connectivity index (χ1n) is 6.56. The summed E-state index contributed by atoms with van der Waals surface area (Å²) >= 11 is 3.44. The number of carbonyl (C=O) groups is 1. The Hall–Kier alpha value is -2.05. The normalized spacial score (nSPS) is 10.2. The fourth-order valence-corrected chi connectivity index (χ4v) is 2.51. The van der Waals surface area contributed by atoms with Crippen molar-refractivity contribution in [3.8, 4) is 5.75 Å². The zero-order valence-electron chi connectivity index (χ0n) is 12.2. The molecule has 0 radical (unpaired) electrons. The van der Waals surface area contributed by atoms with Gasteiger partial charge in [0, 0.05) is 5.56 Å². The summed E-state index contributed by atoms with van der Waals surface area (Å²) in [6.45, 7) is 2.19.